The Balaban J connectivity index is 2.44. The molecule has 0 bridgehead atoms. The number of aromatic hydroxyl groups is 2. The van der Waals surface area contributed by atoms with Crippen LogP contribution < -0.4 is 5.32 Å². The number of aliphatic carboxylic acids is 1. The molecule has 0 spiro atoms. The first-order valence-corrected chi connectivity index (χ1v) is 4.98. The average molecular weight is 239 g/mol. The zero-order valence-corrected chi connectivity index (χ0v) is 9.01. The number of amides is 1. The van der Waals surface area contributed by atoms with Crippen LogP contribution in [-0.2, 0) is 16.1 Å². The van der Waals surface area contributed by atoms with E-state index in [1.807, 2.05) is 0 Å². The van der Waals surface area contributed by atoms with Crippen LogP contribution >= 0.6 is 0 Å². The summed E-state index contributed by atoms with van der Waals surface area (Å²) in [5.74, 6) is -1.63. The molecule has 1 aromatic carbocycles. The molecule has 17 heavy (non-hydrogen) atoms. The topological polar surface area (TPSA) is 107 Å². The molecule has 1 aromatic rings. The second-order valence-corrected chi connectivity index (χ2v) is 3.48. The number of benzene rings is 1. The van der Waals surface area contributed by atoms with Gasteiger partial charge >= 0.3 is 5.97 Å². The van der Waals surface area contributed by atoms with E-state index < -0.39 is 11.9 Å². The van der Waals surface area contributed by atoms with Crippen LogP contribution in [0.4, 0.5) is 0 Å². The van der Waals surface area contributed by atoms with Gasteiger partial charge < -0.3 is 20.6 Å². The summed E-state index contributed by atoms with van der Waals surface area (Å²) in [6.07, 6.45) is -0.332. The van der Waals surface area contributed by atoms with E-state index in [0.717, 1.165) is 0 Å². The highest BCUT2D eigenvalue weighted by molar-refractivity contribution is 5.80. The van der Waals surface area contributed by atoms with Gasteiger partial charge in [0.25, 0.3) is 0 Å². The van der Waals surface area contributed by atoms with Crippen molar-refractivity contribution in [2.45, 2.75) is 19.4 Å². The first kappa shape index (κ1) is 12.8. The lowest BCUT2D eigenvalue weighted by molar-refractivity contribution is -0.138. The molecule has 6 heteroatoms. The molecule has 6 nitrogen and oxygen atoms in total. The number of phenols is 2. The third-order valence-corrected chi connectivity index (χ3v) is 2.11. The summed E-state index contributed by atoms with van der Waals surface area (Å²) in [5.41, 5.74) is 0.450. The van der Waals surface area contributed by atoms with Gasteiger partial charge in [-0.05, 0) is 12.1 Å². The van der Waals surface area contributed by atoms with Crippen molar-refractivity contribution >= 4 is 11.9 Å². The molecule has 0 unspecified atom stereocenters. The molecule has 1 amide bonds. The van der Waals surface area contributed by atoms with E-state index >= 15 is 0 Å². The lowest BCUT2D eigenvalue weighted by Gasteiger charge is -2.06. The predicted octanol–water partition coefficient (Wildman–Crippen LogP) is 0.579. The Labute approximate surface area is 97.5 Å². The second-order valence-electron chi connectivity index (χ2n) is 3.48. The summed E-state index contributed by atoms with van der Waals surface area (Å²) in [7, 11) is 0. The number of rotatable bonds is 5. The van der Waals surface area contributed by atoms with Crippen LogP contribution in [0, 0.1) is 0 Å². The summed E-state index contributed by atoms with van der Waals surface area (Å²) in [6, 6.07) is 4.03. The van der Waals surface area contributed by atoms with Crippen molar-refractivity contribution in [1.29, 1.82) is 0 Å². The molecule has 4 N–H and O–H groups in total. The van der Waals surface area contributed by atoms with Crippen LogP contribution in [0.5, 0.6) is 11.5 Å². The van der Waals surface area contributed by atoms with Crippen LogP contribution in [0.1, 0.15) is 18.4 Å². The number of nitrogens with one attached hydrogen (secondary N) is 1. The first-order chi connectivity index (χ1) is 7.99. The Morgan fingerprint density at radius 3 is 2.47 bits per heavy atom. The highest BCUT2D eigenvalue weighted by Gasteiger charge is 2.07. The zero-order chi connectivity index (χ0) is 12.8. The van der Waals surface area contributed by atoms with Crippen molar-refractivity contribution in [3.63, 3.8) is 0 Å². The molecule has 0 aliphatic heterocycles. The third-order valence-electron chi connectivity index (χ3n) is 2.11. The van der Waals surface area contributed by atoms with E-state index in [9.17, 15) is 14.7 Å². The molecule has 0 saturated heterocycles. The van der Waals surface area contributed by atoms with Crippen molar-refractivity contribution < 1.29 is 24.9 Å². The van der Waals surface area contributed by atoms with Gasteiger partial charge in [0.1, 0.15) is 11.5 Å². The maximum atomic E-state index is 11.2. The summed E-state index contributed by atoms with van der Waals surface area (Å²) in [5, 5.41) is 29.3. The number of carboxylic acids is 1. The molecule has 1 rings (SSSR count). The Morgan fingerprint density at radius 2 is 1.88 bits per heavy atom. The second kappa shape index (κ2) is 5.74. The Morgan fingerprint density at radius 1 is 1.18 bits per heavy atom. The van der Waals surface area contributed by atoms with E-state index in [1.54, 1.807) is 0 Å². The van der Waals surface area contributed by atoms with E-state index in [1.165, 1.54) is 18.2 Å². The highest BCUT2D eigenvalue weighted by Crippen LogP contribution is 2.22. The van der Waals surface area contributed by atoms with Crippen molar-refractivity contribution in [2.75, 3.05) is 0 Å². The van der Waals surface area contributed by atoms with Crippen molar-refractivity contribution in [2.24, 2.45) is 0 Å². The molecule has 0 aliphatic carbocycles. The van der Waals surface area contributed by atoms with Crippen LogP contribution in [0.2, 0.25) is 0 Å². The average Bonchev–Trinajstić information content (AvgIpc) is 2.25. The van der Waals surface area contributed by atoms with E-state index in [-0.39, 0.29) is 30.9 Å². The minimum Gasteiger partial charge on any atom is -0.508 e. The van der Waals surface area contributed by atoms with Crippen LogP contribution in [0.25, 0.3) is 0 Å². The minimum absolute atomic E-state index is 0.0662. The number of carboxylic acid groups (broad SMARTS) is 1. The normalized spacial score (nSPS) is 9.88. The maximum Gasteiger partial charge on any atom is 0.303 e. The van der Waals surface area contributed by atoms with Gasteiger partial charge in [0, 0.05) is 24.6 Å². The van der Waals surface area contributed by atoms with Crippen molar-refractivity contribution in [3.8, 4) is 11.5 Å². The van der Waals surface area contributed by atoms with Gasteiger partial charge in [-0.1, -0.05) is 0 Å². The summed E-state index contributed by atoms with van der Waals surface area (Å²) < 4.78 is 0. The van der Waals surface area contributed by atoms with Gasteiger partial charge in [-0.3, -0.25) is 9.59 Å². The third kappa shape index (κ3) is 4.42. The van der Waals surface area contributed by atoms with E-state index in [4.69, 9.17) is 10.2 Å². The lowest BCUT2D eigenvalue weighted by atomic mass is 10.2. The van der Waals surface area contributed by atoms with Crippen LogP contribution in [-0.4, -0.2) is 27.2 Å². The molecule has 0 atom stereocenters. The van der Waals surface area contributed by atoms with E-state index in [2.05, 4.69) is 5.32 Å². The molecule has 0 heterocycles. The number of hydrogen-bond acceptors (Lipinski definition) is 4. The number of carbonyl (C=O) groups is 2. The predicted molar refractivity (Wildman–Crippen MR) is 58.5 cm³/mol. The molecule has 92 valence electrons. The van der Waals surface area contributed by atoms with Gasteiger partial charge in [0.2, 0.25) is 5.91 Å². The maximum absolute atomic E-state index is 11.2. The highest BCUT2D eigenvalue weighted by atomic mass is 16.4. The van der Waals surface area contributed by atoms with Crippen molar-refractivity contribution in [3.05, 3.63) is 23.8 Å². The fourth-order valence-corrected chi connectivity index (χ4v) is 1.20. The van der Waals surface area contributed by atoms with Crippen LogP contribution in [0.3, 0.4) is 0 Å². The number of phenolic OH excluding ortho intramolecular Hbond substituents is 2. The van der Waals surface area contributed by atoms with Gasteiger partial charge in [-0.15, -0.1) is 0 Å². The van der Waals surface area contributed by atoms with Crippen LogP contribution in [0.15, 0.2) is 18.2 Å². The molecule has 0 aliphatic rings. The van der Waals surface area contributed by atoms with Crippen molar-refractivity contribution in [1.82, 2.24) is 5.32 Å². The fourth-order valence-electron chi connectivity index (χ4n) is 1.20. The Hall–Kier alpha value is -2.24. The van der Waals surface area contributed by atoms with Gasteiger partial charge in [0.05, 0.1) is 6.42 Å². The number of carbonyl (C=O) groups excluding carboxylic acids is 1. The molecular weight excluding hydrogens is 226 g/mol. The fraction of sp³-hybridized carbons (Fsp3) is 0.273. The van der Waals surface area contributed by atoms with E-state index in [0.29, 0.717) is 5.56 Å². The smallest absolute Gasteiger partial charge is 0.303 e. The Bertz CT molecular complexity index is 430. The zero-order valence-electron chi connectivity index (χ0n) is 9.01. The van der Waals surface area contributed by atoms with Gasteiger partial charge in [-0.2, -0.15) is 0 Å². The number of hydrogen-bond donors (Lipinski definition) is 4. The van der Waals surface area contributed by atoms with Gasteiger partial charge in [0.15, 0.2) is 0 Å². The lowest BCUT2D eigenvalue weighted by Crippen LogP contribution is -2.23. The monoisotopic (exact) mass is 239 g/mol. The summed E-state index contributed by atoms with van der Waals surface area (Å²) in [4.78, 5) is 21.4. The summed E-state index contributed by atoms with van der Waals surface area (Å²) in [6.45, 7) is 0.0879. The molecular formula is C11H13NO5. The standard InChI is InChI=1S/C11H13NO5/c13-8-2-1-7(9(14)5-8)6-12-10(15)3-4-11(16)17/h1-2,5,13-14H,3-4,6H2,(H,12,15)(H,16,17). The summed E-state index contributed by atoms with van der Waals surface area (Å²) >= 11 is 0. The molecule has 0 radical (unpaired) electrons. The SMILES string of the molecule is O=C(O)CCC(=O)NCc1ccc(O)cc1O. The minimum atomic E-state index is -1.03. The largest absolute Gasteiger partial charge is 0.508 e. The molecule has 0 aromatic heterocycles. The first-order valence-electron chi connectivity index (χ1n) is 4.98. The molecule has 0 saturated carbocycles. The quantitative estimate of drug-likeness (QED) is 0.601. The van der Waals surface area contributed by atoms with Gasteiger partial charge in [-0.25, -0.2) is 0 Å². The molecule has 0 fully saturated rings. The Kier molecular flexibility index (Phi) is 4.33.